The summed E-state index contributed by atoms with van der Waals surface area (Å²) in [6, 6.07) is 17.5. The highest BCUT2D eigenvalue weighted by Crippen LogP contribution is 2.28. The van der Waals surface area contributed by atoms with Gasteiger partial charge in [0, 0.05) is 38.1 Å². The number of hydrogen-bond donors (Lipinski definition) is 0. The fraction of sp³-hybridized carbons (Fsp3) is 0.423. The smallest absolute Gasteiger partial charge is 0.160 e. The predicted molar refractivity (Wildman–Crippen MR) is 128 cm³/mol. The maximum absolute atomic E-state index is 5.45. The van der Waals surface area contributed by atoms with Gasteiger partial charge in [0.2, 0.25) is 0 Å². The van der Waals surface area contributed by atoms with Crippen LogP contribution in [0.2, 0.25) is 0 Å². The van der Waals surface area contributed by atoms with E-state index in [1.165, 1.54) is 24.0 Å². The zero-order valence-corrected chi connectivity index (χ0v) is 19.4. The van der Waals surface area contributed by atoms with E-state index >= 15 is 0 Å². The lowest BCUT2D eigenvalue weighted by Gasteiger charge is -2.37. The lowest BCUT2D eigenvalue weighted by molar-refractivity contribution is 0.112. The number of likely N-dealkylation sites (tertiary alicyclic amines) is 1. The maximum Gasteiger partial charge on any atom is 0.160 e. The zero-order valence-electron chi connectivity index (χ0n) is 19.4. The number of benzene rings is 2. The molecule has 1 fully saturated rings. The second kappa shape index (κ2) is 10.7. The van der Waals surface area contributed by atoms with Crippen LogP contribution in [0.3, 0.4) is 0 Å². The summed E-state index contributed by atoms with van der Waals surface area (Å²) in [7, 11) is 5.62. The van der Waals surface area contributed by atoms with E-state index in [0.29, 0.717) is 6.04 Å². The summed E-state index contributed by atoms with van der Waals surface area (Å²) in [5, 5.41) is 4.36. The summed E-state index contributed by atoms with van der Waals surface area (Å²) in [4.78, 5) is 5.10. The number of likely N-dealkylation sites (N-methyl/N-ethyl adjacent to an activating group) is 1. The Hall–Kier alpha value is -2.83. The van der Waals surface area contributed by atoms with Crippen molar-refractivity contribution in [3.8, 4) is 17.2 Å². The monoisotopic (exact) mass is 434 g/mol. The number of rotatable bonds is 9. The van der Waals surface area contributed by atoms with Gasteiger partial charge >= 0.3 is 0 Å². The molecule has 1 aliphatic rings. The Morgan fingerprint density at radius 3 is 2.69 bits per heavy atom. The van der Waals surface area contributed by atoms with Crippen molar-refractivity contribution >= 4 is 0 Å². The fourth-order valence-corrected chi connectivity index (χ4v) is 4.54. The molecule has 0 unspecified atom stereocenters. The molecule has 32 heavy (non-hydrogen) atoms. The summed E-state index contributed by atoms with van der Waals surface area (Å²) >= 11 is 0. The molecule has 1 saturated heterocycles. The molecular formula is C26H34N4O2. The number of piperidine rings is 1. The molecule has 2 aromatic carbocycles. The molecule has 1 aromatic heterocycles. The molecule has 0 spiro atoms. The second-order valence-corrected chi connectivity index (χ2v) is 8.57. The molecule has 2 heterocycles. The van der Waals surface area contributed by atoms with Crippen molar-refractivity contribution < 1.29 is 9.47 Å². The van der Waals surface area contributed by atoms with Crippen LogP contribution < -0.4 is 9.47 Å². The van der Waals surface area contributed by atoms with Crippen LogP contribution >= 0.6 is 0 Å². The van der Waals surface area contributed by atoms with Crippen LogP contribution in [0.5, 0.6) is 11.5 Å². The molecule has 1 atom stereocenters. The van der Waals surface area contributed by atoms with E-state index < -0.39 is 0 Å². The van der Waals surface area contributed by atoms with E-state index in [1.54, 1.807) is 14.2 Å². The molecular weight excluding hydrogens is 400 g/mol. The molecule has 6 heteroatoms. The average Bonchev–Trinajstić information content (AvgIpc) is 3.38. The van der Waals surface area contributed by atoms with Crippen molar-refractivity contribution in [2.45, 2.75) is 31.8 Å². The fourth-order valence-electron chi connectivity index (χ4n) is 4.54. The standard InChI is InChI=1S/C26H34N4O2/c1-28(16-12-21-10-11-25(31-2)26(18-21)32-3)24-9-5-14-29(20-24)19-22-7-4-8-23(17-22)30-15-6-13-27-30/h4,6-8,10-11,13,15,17-18,24H,5,9,12,14,16,19-20H2,1-3H3/t24-/m1/s1. The summed E-state index contributed by atoms with van der Waals surface area (Å²) in [5.41, 5.74) is 3.73. The lowest BCUT2D eigenvalue weighted by Crippen LogP contribution is -2.46. The van der Waals surface area contributed by atoms with Gasteiger partial charge in [-0.25, -0.2) is 4.68 Å². The Bertz CT molecular complexity index is 989. The van der Waals surface area contributed by atoms with Crippen LogP contribution in [0.25, 0.3) is 5.69 Å². The second-order valence-electron chi connectivity index (χ2n) is 8.57. The topological polar surface area (TPSA) is 42.8 Å². The molecule has 0 saturated carbocycles. The summed E-state index contributed by atoms with van der Waals surface area (Å²) in [6.45, 7) is 4.28. The highest BCUT2D eigenvalue weighted by Gasteiger charge is 2.23. The van der Waals surface area contributed by atoms with Crippen molar-refractivity contribution in [3.63, 3.8) is 0 Å². The van der Waals surface area contributed by atoms with E-state index in [9.17, 15) is 0 Å². The zero-order chi connectivity index (χ0) is 22.3. The number of aromatic nitrogens is 2. The van der Waals surface area contributed by atoms with Crippen LogP contribution in [-0.4, -0.2) is 66.5 Å². The highest BCUT2D eigenvalue weighted by atomic mass is 16.5. The Kier molecular flexibility index (Phi) is 7.45. The molecule has 3 aromatic rings. The normalized spacial score (nSPS) is 16.9. The molecule has 0 amide bonds. The van der Waals surface area contributed by atoms with E-state index in [4.69, 9.17) is 9.47 Å². The van der Waals surface area contributed by atoms with Crippen LogP contribution in [0.15, 0.2) is 60.9 Å². The summed E-state index contributed by atoms with van der Waals surface area (Å²) in [5.74, 6) is 1.58. The van der Waals surface area contributed by atoms with E-state index in [1.807, 2.05) is 29.2 Å². The first-order valence-electron chi connectivity index (χ1n) is 11.4. The third-order valence-corrected chi connectivity index (χ3v) is 6.39. The lowest BCUT2D eigenvalue weighted by atomic mass is 10.0. The molecule has 0 radical (unpaired) electrons. The van der Waals surface area contributed by atoms with Gasteiger partial charge in [-0.2, -0.15) is 5.10 Å². The van der Waals surface area contributed by atoms with Gasteiger partial charge in [-0.1, -0.05) is 18.2 Å². The van der Waals surface area contributed by atoms with Gasteiger partial charge in [-0.15, -0.1) is 0 Å². The Morgan fingerprint density at radius 2 is 1.91 bits per heavy atom. The largest absolute Gasteiger partial charge is 0.493 e. The minimum absolute atomic E-state index is 0.582. The van der Waals surface area contributed by atoms with E-state index in [2.05, 4.69) is 58.3 Å². The molecule has 0 N–H and O–H groups in total. The number of methoxy groups -OCH3 is 2. The van der Waals surface area contributed by atoms with Crippen LogP contribution in [-0.2, 0) is 13.0 Å². The molecule has 4 rings (SSSR count). The summed E-state index contributed by atoms with van der Waals surface area (Å²) < 4.78 is 12.7. The first-order valence-corrected chi connectivity index (χ1v) is 11.4. The minimum atomic E-state index is 0.582. The van der Waals surface area contributed by atoms with Gasteiger partial charge in [0.1, 0.15) is 0 Å². The van der Waals surface area contributed by atoms with Gasteiger partial charge in [0.05, 0.1) is 19.9 Å². The minimum Gasteiger partial charge on any atom is -0.493 e. The predicted octanol–water partition coefficient (Wildman–Crippen LogP) is 4.03. The molecule has 0 aliphatic carbocycles. The van der Waals surface area contributed by atoms with Crippen LogP contribution in [0.1, 0.15) is 24.0 Å². The van der Waals surface area contributed by atoms with Gasteiger partial charge < -0.3 is 14.4 Å². The number of ether oxygens (including phenoxy) is 2. The Labute approximate surface area is 191 Å². The highest BCUT2D eigenvalue weighted by molar-refractivity contribution is 5.43. The third-order valence-electron chi connectivity index (χ3n) is 6.39. The van der Waals surface area contributed by atoms with Crippen molar-refractivity contribution in [2.75, 3.05) is 40.9 Å². The average molecular weight is 435 g/mol. The molecule has 0 bridgehead atoms. The number of nitrogens with zero attached hydrogens (tertiary/aromatic N) is 4. The van der Waals surface area contributed by atoms with E-state index in [0.717, 1.165) is 49.8 Å². The van der Waals surface area contributed by atoms with Gasteiger partial charge in [-0.3, -0.25) is 4.90 Å². The van der Waals surface area contributed by atoms with Gasteiger partial charge in [-0.05, 0) is 74.3 Å². The van der Waals surface area contributed by atoms with Crippen LogP contribution in [0.4, 0.5) is 0 Å². The Morgan fingerprint density at radius 1 is 1.03 bits per heavy atom. The molecule has 6 nitrogen and oxygen atoms in total. The maximum atomic E-state index is 5.45. The van der Waals surface area contributed by atoms with E-state index in [-0.39, 0.29) is 0 Å². The van der Waals surface area contributed by atoms with Crippen LogP contribution in [0, 0.1) is 0 Å². The first-order chi connectivity index (χ1) is 15.7. The SMILES string of the molecule is COc1ccc(CCN(C)[C@@H]2CCCN(Cc3cccc(-n4cccn4)c3)C2)cc1OC. The van der Waals surface area contributed by atoms with Gasteiger partial charge in [0.15, 0.2) is 11.5 Å². The quantitative estimate of drug-likeness (QED) is 0.509. The number of hydrogen-bond acceptors (Lipinski definition) is 5. The van der Waals surface area contributed by atoms with Crippen molar-refractivity contribution in [1.82, 2.24) is 19.6 Å². The Balaban J connectivity index is 1.32. The van der Waals surface area contributed by atoms with Crippen molar-refractivity contribution in [1.29, 1.82) is 0 Å². The van der Waals surface area contributed by atoms with Gasteiger partial charge in [0.25, 0.3) is 0 Å². The summed E-state index contributed by atoms with van der Waals surface area (Å²) in [6.07, 6.45) is 7.30. The third kappa shape index (κ3) is 5.50. The van der Waals surface area contributed by atoms with Crippen molar-refractivity contribution in [3.05, 3.63) is 72.1 Å². The molecule has 1 aliphatic heterocycles. The molecule has 170 valence electrons. The van der Waals surface area contributed by atoms with Crippen molar-refractivity contribution in [2.24, 2.45) is 0 Å². The first kappa shape index (κ1) is 22.4.